The van der Waals surface area contributed by atoms with Gasteiger partial charge in [0.15, 0.2) is 0 Å². The Balaban J connectivity index is 1.78. The molecule has 0 radical (unpaired) electrons. The molecular formula is C19H19NO5S. The molecule has 1 fully saturated rings. The Morgan fingerprint density at radius 2 is 1.81 bits per heavy atom. The fourth-order valence-corrected chi connectivity index (χ4v) is 4.01. The number of morpholine rings is 1. The molecular weight excluding hydrogens is 354 g/mol. The van der Waals surface area contributed by atoms with Crippen molar-refractivity contribution in [3.05, 3.63) is 66.2 Å². The number of hydrogen-bond donors (Lipinski definition) is 0. The fraction of sp³-hybridized carbons (Fsp3) is 0.211. The van der Waals surface area contributed by atoms with Gasteiger partial charge in [0.05, 0.1) is 18.6 Å². The summed E-state index contributed by atoms with van der Waals surface area (Å²) in [4.78, 5) is 12.0. The van der Waals surface area contributed by atoms with E-state index in [1.165, 1.54) is 19.2 Å². The van der Waals surface area contributed by atoms with E-state index in [-0.39, 0.29) is 18.0 Å². The first-order valence-electron chi connectivity index (χ1n) is 8.06. The van der Waals surface area contributed by atoms with Crippen LogP contribution in [0.25, 0.3) is 6.08 Å². The number of cyclic esters (lactones) is 1. The first-order chi connectivity index (χ1) is 12.5. The summed E-state index contributed by atoms with van der Waals surface area (Å²) >= 11 is 0. The van der Waals surface area contributed by atoms with Gasteiger partial charge >= 0.3 is 5.97 Å². The lowest BCUT2D eigenvalue weighted by molar-refractivity contribution is -0.152. The summed E-state index contributed by atoms with van der Waals surface area (Å²) in [6, 6.07) is 15.6. The van der Waals surface area contributed by atoms with Crippen LogP contribution in [0.4, 0.5) is 0 Å². The van der Waals surface area contributed by atoms with E-state index >= 15 is 0 Å². The van der Waals surface area contributed by atoms with Crippen molar-refractivity contribution in [3.63, 3.8) is 0 Å². The zero-order valence-corrected chi connectivity index (χ0v) is 15.1. The number of esters is 1. The first kappa shape index (κ1) is 18.2. The molecule has 1 atom stereocenters. The molecule has 1 unspecified atom stereocenters. The largest absolute Gasteiger partial charge is 0.497 e. The Morgan fingerprint density at radius 3 is 2.46 bits per heavy atom. The van der Waals surface area contributed by atoms with Crippen molar-refractivity contribution in [3.8, 4) is 5.75 Å². The number of methoxy groups -OCH3 is 1. The van der Waals surface area contributed by atoms with Gasteiger partial charge in [-0.15, -0.1) is 0 Å². The molecule has 0 N–H and O–H groups in total. The maximum absolute atomic E-state index is 12.8. The summed E-state index contributed by atoms with van der Waals surface area (Å²) in [5, 5.41) is 0. The molecule has 0 aromatic heterocycles. The highest BCUT2D eigenvalue weighted by molar-refractivity contribution is 7.89. The van der Waals surface area contributed by atoms with Gasteiger partial charge < -0.3 is 9.47 Å². The highest BCUT2D eigenvalue weighted by atomic mass is 32.2. The Kier molecular flexibility index (Phi) is 5.39. The van der Waals surface area contributed by atoms with E-state index in [0.29, 0.717) is 5.75 Å². The fourth-order valence-electron chi connectivity index (χ4n) is 2.62. The van der Waals surface area contributed by atoms with Crippen LogP contribution in [-0.4, -0.2) is 45.0 Å². The van der Waals surface area contributed by atoms with E-state index in [0.717, 1.165) is 9.87 Å². The minimum absolute atomic E-state index is 0.0729. The molecule has 1 saturated heterocycles. The molecule has 0 spiro atoms. The van der Waals surface area contributed by atoms with E-state index in [4.69, 9.17) is 9.47 Å². The lowest BCUT2D eigenvalue weighted by Crippen LogP contribution is -2.47. The van der Waals surface area contributed by atoms with Gasteiger partial charge in [-0.1, -0.05) is 36.4 Å². The zero-order valence-electron chi connectivity index (χ0n) is 14.2. The maximum atomic E-state index is 12.8. The van der Waals surface area contributed by atoms with Crippen molar-refractivity contribution in [2.24, 2.45) is 0 Å². The van der Waals surface area contributed by atoms with Crippen molar-refractivity contribution in [2.75, 3.05) is 20.2 Å². The number of rotatable bonds is 5. The van der Waals surface area contributed by atoms with Crippen LogP contribution in [0.3, 0.4) is 0 Å². The second kappa shape index (κ2) is 7.72. The van der Waals surface area contributed by atoms with E-state index < -0.39 is 22.1 Å². The van der Waals surface area contributed by atoms with Gasteiger partial charge in [-0.2, -0.15) is 4.31 Å². The van der Waals surface area contributed by atoms with Crippen molar-refractivity contribution in [1.29, 1.82) is 0 Å². The monoisotopic (exact) mass is 373 g/mol. The molecule has 26 heavy (non-hydrogen) atoms. The summed E-state index contributed by atoms with van der Waals surface area (Å²) < 4.78 is 37.0. The third-order valence-corrected chi connectivity index (χ3v) is 5.80. The minimum Gasteiger partial charge on any atom is -0.497 e. The van der Waals surface area contributed by atoms with Crippen molar-refractivity contribution in [2.45, 2.75) is 11.0 Å². The number of benzene rings is 2. The van der Waals surface area contributed by atoms with Crippen LogP contribution in [0, 0.1) is 0 Å². The molecule has 1 aliphatic heterocycles. The normalized spacial score (nSPS) is 18.7. The van der Waals surface area contributed by atoms with Crippen molar-refractivity contribution in [1.82, 2.24) is 4.31 Å². The molecule has 0 bridgehead atoms. The smallest absolute Gasteiger partial charge is 0.321 e. The van der Waals surface area contributed by atoms with Gasteiger partial charge in [0.25, 0.3) is 0 Å². The second-order valence-electron chi connectivity index (χ2n) is 5.77. The number of hydrogen-bond acceptors (Lipinski definition) is 5. The Bertz CT molecular complexity index is 891. The number of sulfonamides is 1. The van der Waals surface area contributed by atoms with E-state index in [1.807, 2.05) is 30.3 Å². The van der Waals surface area contributed by atoms with Gasteiger partial charge in [0.1, 0.15) is 18.4 Å². The molecule has 1 heterocycles. The van der Waals surface area contributed by atoms with Gasteiger partial charge in [0.2, 0.25) is 10.0 Å². The van der Waals surface area contributed by atoms with Gasteiger partial charge in [-0.25, -0.2) is 8.42 Å². The number of carbonyl (C=O) groups excluding carboxylic acids is 1. The third-order valence-electron chi connectivity index (χ3n) is 3.97. The lowest BCUT2D eigenvalue weighted by atomic mass is 10.2. The van der Waals surface area contributed by atoms with Crippen LogP contribution >= 0.6 is 0 Å². The molecule has 2 aromatic carbocycles. The molecule has 136 valence electrons. The summed E-state index contributed by atoms with van der Waals surface area (Å²) in [6.45, 7) is -0.229. The van der Waals surface area contributed by atoms with Crippen LogP contribution in [0.1, 0.15) is 5.56 Å². The highest BCUT2D eigenvalue weighted by Gasteiger charge is 2.34. The maximum Gasteiger partial charge on any atom is 0.321 e. The Morgan fingerprint density at radius 1 is 1.12 bits per heavy atom. The Labute approximate surface area is 152 Å². The molecule has 7 heteroatoms. The SMILES string of the molecule is COc1ccc(S(=O)(=O)N2CC(=O)OC(/C=C/c3ccccc3)C2)cc1. The van der Waals surface area contributed by atoms with E-state index in [1.54, 1.807) is 24.3 Å². The number of nitrogens with zero attached hydrogens (tertiary/aromatic N) is 1. The first-order valence-corrected chi connectivity index (χ1v) is 9.50. The van der Waals surface area contributed by atoms with Crippen LogP contribution in [-0.2, 0) is 19.6 Å². The molecule has 0 amide bonds. The number of carbonyl (C=O) groups is 1. The van der Waals surface area contributed by atoms with E-state index in [9.17, 15) is 13.2 Å². The lowest BCUT2D eigenvalue weighted by Gasteiger charge is -2.30. The van der Waals surface area contributed by atoms with Crippen LogP contribution in [0.5, 0.6) is 5.75 Å². The van der Waals surface area contributed by atoms with Crippen LogP contribution < -0.4 is 4.74 Å². The molecule has 0 aliphatic carbocycles. The quantitative estimate of drug-likeness (QED) is 0.752. The van der Waals surface area contributed by atoms with Crippen molar-refractivity contribution >= 4 is 22.1 Å². The average molecular weight is 373 g/mol. The minimum atomic E-state index is -3.79. The van der Waals surface area contributed by atoms with Gasteiger partial charge in [-0.3, -0.25) is 4.79 Å². The molecule has 6 nitrogen and oxygen atoms in total. The standard InChI is InChI=1S/C19H19NO5S/c1-24-16-9-11-18(12-10-16)26(22,23)20-13-17(25-19(21)14-20)8-7-15-5-3-2-4-6-15/h2-12,17H,13-14H2,1H3/b8-7+. The summed E-state index contributed by atoms with van der Waals surface area (Å²) in [5.74, 6) is -0.0123. The third kappa shape index (κ3) is 4.12. The molecule has 3 rings (SSSR count). The Hall–Kier alpha value is -2.64. The predicted molar refractivity (Wildman–Crippen MR) is 97.1 cm³/mol. The molecule has 1 aliphatic rings. The average Bonchev–Trinajstić information content (AvgIpc) is 2.67. The highest BCUT2D eigenvalue weighted by Crippen LogP contribution is 2.22. The number of ether oxygens (including phenoxy) is 2. The second-order valence-corrected chi connectivity index (χ2v) is 7.71. The van der Waals surface area contributed by atoms with Crippen molar-refractivity contribution < 1.29 is 22.7 Å². The molecule has 2 aromatic rings. The molecule has 0 saturated carbocycles. The van der Waals surface area contributed by atoms with Crippen LogP contribution in [0.2, 0.25) is 0 Å². The zero-order chi connectivity index (χ0) is 18.6. The van der Waals surface area contributed by atoms with Crippen LogP contribution in [0.15, 0.2) is 65.6 Å². The topological polar surface area (TPSA) is 72.9 Å². The predicted octanol–water partition coefficient (Wildman–Crippen LogP) is 2.32. The summed E-state index contributed by atoms with van der Waals surface area (Å²) in [6.07, 6.45) is 2.87. The summed E-state index contributed by atoms with van der Waals surface area (Å²) in [5.41, 5.74) is 0.943. The summed E-state index contributed by atoms with van der Waals surface area (Å²) in [7, 11) is -2.28. The van der Waals surface area contributed by atoms with E-state index in [2.05, 4.69) is 0 Å². The van der Waals surface area contributed by atoms with Gasteiger partial charge in [-0.05, 0) is 35.9 Å². The van der Waals surface area contributed by atoms with Gasteiger partial charge in [0, 0.05) is 0 Å².